The number of hydrogen-bond acceptors (Lipinski definition) is 5. The molecule has 0 aromatic carbocycles. The lowest BCUT2D eigenvalue weighted by Crippen LogP contribution is -2.43. The maximum atomic E-state index is 11.5. The Balaban J connectivity index is 2.41. The predicted octanol–water partition coefficient (Wildman–Crippen LogP) is 0.443. The first-order valence-electron chi connectivity index (χ1n) is 5.66. The smallest absolute Gasteiger partial charge is 0.334 e. The summed E-state index contributed by atoms with van der Waals surface area (Å²) in [4.78, 5) is 26.2. The third-order valence-electron chi connectivity index (χ3n) is 2.37. The van der Waals surface area contributed by atoms with E-state index in [2.05, 4.69) is 20.4 Å². The number of methoxy groups -OCH3 is 1. The largest absolute Gasteiger partial charge is 0.479 e. The average Bonchev–Trinajstić information content (AvgIpc) is 2.76. The number of aliphatic carboxylic acids is 1. The van der Waals surface area contributed by atoms with E-state index in [9.17, 15) is 9.59 Å². The number of aryl methyl sites for hydroxylation is 1. The molecule has 1 heterocycles. The van der Waals surface area contributed by atoms with Crippen LogP contribution in [0.1, 0.15) is 24.6 Å². The SMILES string of the molecule is COC(CNC(=O)NC(C)c1ncc(C)o1)C(=O)O. The number of carboxylic acids is 1. The molecular weight excluding hydrogens is 254 g/mol. The molecule has 1 aromatic heterocycles. The van der Waals surface area contributed by atoms with Gasteiger partial charge in [-0.25, -0.2) is 14.6 Å². The highest BCUT2D eigenvalue weighted by atomic mass is 16.5. The van der Waals surface area contributed by atoms with E-state index in [1.54, 1.807) is 20.0 Å². The quantitative estimate of drug-likeness (QED) is 0.692. The molecule has 0 saturated heterocycles. The molecule has 106 valence electrons. The molecular formula is C11H17N3O5. The van der Waals surface area contributed by atoms with Crippen LogP contribution in [0.3, 0.4) is 0 Å². The summed E-state index contributed by atoms with van der Waals surface area (Å²) in [6, 6.07) is -0.939. The van der Waals surface area contributed by atoms with Gasteiger partial charge in [-0.1, -0.05) is 0 Å². The van der Waals surface area contributed by atoms with E-state index in [0.29, 0.717) is 11.7 Å². The summed E-state index contributed by atoms with van der Waals surface area (Å²) < 4.78 is 9.94. The van der Waals surface area contributed by atoms with Gasteiger partial charge in [0.2, 0.25) is 5.89 Å². The molecule has 19 heavy (non-hydrogen) atoms. The summed E-state index contributed by atoms with van der Waals surface area (Å²) in [6.45, 7) is 3.32. The Hall–Kier alpha value is -2.09. The summed E-state index contributed by atoms with van der Waals surface area (Å²) >= 11 is 0. The van der Waals surface area contributed by atoms with Gasteiger partial charge in [0.15, 0.2) is 6.10 Å². The zero-order chi connectivity index (χ0) is 14.4. The highest BCUT2D eigenvalue weighted by Gasteiger charge is 2.19. The number of nitrogens with one attached hydrogen (secondary N) is 2. The number of ether oxygens (including phenoxy) is 1. The Morgan fingerprint density at radius 2 is 2.26 bits per heavy atom. The van der Waals surface area contributed by atoms with Crippen LogP contribution < -0.4 is 10.6 Å². The van der Waals surface area contributed by atoms with Gasteiger partial charge in [-0.3, -0.25) is 0 Å². The molecule has 0 bridgehead atoms. The lowest BCUT2D eigenvalue weighted by Gasteiger charge is -2.14. The fraction of sp³-hybridized carbons (Fsp3) is 0.545. The first kappa shape index (κ1) is 15.0. The number of carbonyl (C=O) groups is 2. The van der Waals surface area contributed by atoms with Crippen LogP contribution in [0, 0.1) is 6.92 Å². The van der Waals surface area contributed by atoms with Crippen LogP contribution in [-0.4, -0.2) is 41.8 Å². The molecule has 0 aliphatic carbocycles. The van der Waals surface area contributed by atoms with Gasteiger partial charge < -0.3 is 24.9 Å². The van der Waals surface area contributed by atoms with Gasteiger partial charge in [-0.05, 0) is 13.8 Å². The monoisotopic (exact) mass is 271 g/mol. The van der Waals surface area contributed by atoms with Crippen molar-refractivity contribution < 1.29 is 23.8 Å². The summed E-state index contributed by atoms with van der Waals surface area (Å²) in [5, 5.41) is 13.7. The lowest BCUT2D eigenvalue weighted by molar-refractivity contribution is -0.147. The Morgan fingerprint density at radius 1 is 1.58 bits per heavy atom. The van der Waals surface area contributed by atoms with Gasteiger partial charge in [0.05, 0.1) is 12.7 Å². The van der Waals surface area contributed by atoms with Crippen molar-refractivity contribution in [1.29, 1.82) is 0 Å². The summed E-state index contributed by atoms with van der Waals surface area (Å²) in [6.07, 6.45) is 0.474. The zero-order valence-corrected chi connectivity index (χ0v) is 11.0. The first-order chi connectivity index (χ1) is 8.93. The van der Waals surface area contributed by atoms with E-state index in [4.69, 9.17) is 9.52 Å². The minimum Gasteiger partial charge on any atom is -0.479 e. The molecule has 8 heteroatoms. The van der Waals surface area contributed by atoms with Crippen molar-refractivity contribution in [1.82, 2.24) is 15.6 Å². The molecule has 2 atom stereocenters. The van der Waals surface area contributed by atoms with Crippen molar-refractivity contribution in [3.05, 3.63) is 17.8 Å². The van der Waals surface area contributed by atoms with Crippen molar-refractivity contribution in [3.63, 3.8) is 0 Å². The van der Waals surface area contributed by atoms with E-state index >= 15 is 0 Å². The van der Waals surface area contributed by atoms with Crippen LogP contribution in [0.2, 0.25) is 0 Å². The number of aromatic nitrogens is 1. The second-order valence-electron chi connectivity index (χ2n) is 3.95. The van der Waals surface area contributed by atoms with E-state index in [1.165, 1.54) is 7.11 Å². The molecule has 2 amide bonds. The van der Waals surface area contributed by atoms with Crippen molar-refractivity contribution in [2.75, 3.05) is 13.7 Å². The van der Waals surface area contributed by atoms with Gasteiger partial charge >= 0.3 is 12.0 Å². The molecule has 0 saturated carbocycles. The van der Waals surface area contributed by atoms with E-state index < -0.39 is 24.1 Å². The zero-order valence-electron chi connectivity index (χ0n) is 11.0. The first-order valence-corrected chi connectivity index (χ1v) is 5.66. The van der Waals surface area contributed by atoms with Crippen molar-refractivity contribution in [2.45, 2.75) is 26.0 Å². The Morgan fingerprint density at radius 3 is 2.74 bits per heavy atom. The van der Waals surface area contributed by atoms with Crippen LogP contribution in [-0.2, 0) is 9.53 Å². The topological polar surface area (TPSA) is 114 Å². The Bertz CT molecular complexity index is 445. The summed E-state index contributed by atoms with van der Waals surface area (Å²) in [5.74, 6) is -0.109. The number of nitrogens with zero attached hydrogens (tertiary/aromatic N) is 1. The third-order valence-corrected chi connectivity index (χ3v) is 2.37. The molecule has 0 radical (unpaired) electrons. The maximum Gasteiger partial charge on any atom is 0.334 e. The molecule has 1 aromatic rings. The Kier molecular flexibility index (Phi) is 5.31. The number of rotatable bonds is 6. The summed E-state index contributed by atoms with van der Waals surface area (Å²) in [5.41, 5.74) is 0. The molecule has 3 N–H and O–H groups in total. The molecule has 0 spiro atoms. The number of carbonyl (C=O) groups excluding carboxylic acids is 1. The fourth-order valence-corrected chi connectivity index (χ4v) is 1.34. The average molecular weight is 271 g/mol. The fourth-order valence-electron chi connectivity index (χ4n) is 1.34. The van der Waals surface area contributed by atoms with Crippen LogP contribution in [0.4, 0.5) is 4.79 Å². The van der Waals surface area contributed by atoms with E-state index in [-0.39, 0.29) is 6.54 Å². The standard InChI is InChI=1S/C11H17N3O5/c1-6-4-12-9(19-6)7(2)14-11(17)13-5-8(18-3)10(15)16/h4,7-8H,5H2,1-3H3,(H,15,16)(H2,13,14,17). The van der Waals surface area contributed by atoms with Gasteiger partial charge in [0, 0.05) is 7.11 Å². The van der Waals surface area contributed by atoms with Crippen molar-refractivity contribution >= 4 is 12.0 Å². The number of oxazole rings is 1. The highest BCUT2D eigenvalue weighted by molar-refractivity contribution is 5.77. The minimum absolute atomic E-state index is 0.130. The summed E-state index contributed by atoms with van der Waals surface area (Å²) in [7, 11) is 1.26. The van der Waals surface area contributed by atoms with Crippen LogP contribution in [0.25, 0.3) is 0 Å². The molecule has 0 fully saturated rings. The Labute approximate surface area is 110 Å². The van der Waals surface area contributed by atoms with Crippen LogP contribution in [0.15, 0.2) is 10.6 Å². The molecule has 1 rings (SSSR count). The van der Waals surface area contributed by atoms with E-state index in [0.717, 1.165) is 0 Å². The van der Waals surface area contributed by atoms with Crippen LogP contribution in [0.5, 0.6) is 0 Å². The predicted molar refractivity (Wildman–Crippen MR) is 64.6 cm³/mol. The number of hydrogen-bond donors (Lipinski definition) is 3. The van der Waals surface area contributed by atoms with E-state index in [1.807, 2.05) is 0 Å². The minimum atomic E-state index is -1.14. The number of urea groups is 1. The maximum absolute atomic E-state index is 11.5. The molecule has 0 aliphatic rings. The molecule has 0 aliphatic heterocycles. The van der Waals surface area contributed by atoms with Gasteiger partial charge in [0.25, 0.3) is 0 Å². The second kappa shape index (κ2) is 6.74. The number of amides is 2. The van der Waals surface area contributed by atoms with Crippen molar-refractivity contribution in [3.8, 4) is 0 Å². The highest BCUT2D eigenvalue weighted by Crippen LogP contribution is 2.11. The van der Waals surface area contributed by atoms with Gasteiger partial charge in [-0.15, -0.1) is 0 Å². The van der Waals surface area contributed by atoms with Gasteiger partial charge in [-0.2, -0.15) is 0 Å². The normalized spacial score (nSPS) is 13.6. The van der Waals surface area contributed by atoms with Crippen molar-refractivity contribution in [2.24, 2.45) is 0 Å². The second-order valence-corrected chi connectivity index (χ2v) is 3.95. The lowest BCUT2D eigenvalue weighted by atomic mass is 10.3. The third kappa shape index (κ3) is 4.59. The van der Waals surface area contributed by atoms with Gasteiger partial charge in [0.1, 0.15) is 11.8 Å². The molecule has 2 unspecified atom stereocenters. The molecule has 8 nitrogen and oxygen atoms in total. The number of carboxylic acid groups (broad SMARTS) is 1. The van der Waals surface area contributed by atoms with Crippen LogP contribution >= 0.6 is 0 Å².